The monoisotopic (exact) mass is 434 g/mol. The Kier molecular flexibility index (Phi) is 5.74. The summed E-state index contributed by atoms with van der Waals surface area (Å²) >= 11 is 3.43. The first kappa shape index (κ1) is 19.7. The van der Waals surface area contributed by atoms with Crippen LogP contribution in [0.3, 0.4) is 0 Å². The topological polar surface area (TPSA) is 90.8 Å². The summed E-state index contributed by atoms with van der Waals surface area (Å²) < 4.78 is 6.67. The first-order chi connectivity index (χ1) is 12.7. The molecule has 0 fully saturated rings. The minimum absolute atomic E-state index is 0.0352. The van der Waals surface area contributed by atoms with E-state index in [0.29, 0.717) is 11.4 Å². The van der Waals surface area contributed by atoms with Crippen molar-refractivity contribution in [1.82, 2.24) is 5.32 Å². The number of benzene rings is 2. The van der Waals surface area contributed by atoms with Gasteiger partial charge in [0.1, 0.15) is 17.6 Å². The molecule has 0 spiro atoms. The number of β-amino-alcohol motifs (C(OH)–C–C–N with tert-alkyl or cyclic N) is 1. The molecule has 1 aliphatic rings. The molecule has 6 nitrogen and oxygen atoms in total. The van der Waals surface area contributed by atoms with Crippen LogP contribution in [0.25, 0.3) is 0 Å². The number of nitrogens with one attached hydrogen (secondary N) is 2. The highest BCUT2D eigenvalue weighted by Gasteiger charge is 2.34. The van der Waals surface area contributed by atoms with Crippen LogP contribution in [0.2, 0.25) is 0 Å². The summed E-state index contributed by atoms with van der Waals surface area (Å²) in [5.41, 5.74) is 1.29. The Labute approximate surface area is 166 Å². The van der Waals surface area contributed by atoms with Crippen molar-refractivity contribution in [1.29, 1.82) is 0 Å². The van der Waals surface area contributed by atoms with E-state index in [4.69, 9.17) is 4.74 Å². The van der Waals surface area contributed by atoms with Gasteiger partial charge in [-0.25, -0.2) is 0 Å². The highest BCUT2D eigenvalue weighted by molar-refractivity contribution is 9.10. The molecule has 27 heavy (non-hydrogen) atoms. The smallest absolute Gasteiger partial charge is 0.268 e. The third kappa shape index (κ3) is 5.00. The largest absolute Gasteiger partial charge is 0.508 e. The van der Waals surface area contributed by atoms with Gasteiger partial charge in [0.05, 0.1) is 5.69 Å². The van der Waals surface area contributed by atoms with Crippen molar-refractivity contribution in [2.45, 2.75) is 38.0 Å². The van der Waals surface area contributed by atoms with Gasteiger partial charge >= 0.3 is 0 Å². The molecule has 144 valence electrons. The number of carbonyl (C=O) groups is 1. The second-order valence-electron chi connectivity index (χ2n) is 7.34. The van der Waals surface area contributed by atoms with Gasteiger partial charge in [-0.1, -0.05) is 28.1 Å². The zero-order chi connectivity index (χ0) is 19.6. The molecule has 0 saturated heterocycles. The third-order valence-electron chi connectivity index (χ3n) is 4.43. The van der Waals surface area contributed by atoms with E-state index < -0.39 is 18.1 Å². The summed E-state index contributed by atoms with van der Waals surface area (Å²) in [6.07, 6.45) is -1.26. The lowest BCUT2D eigenvalue weighted by molar-refractivity contribution is -0.128. The van der Waals surface area contributed by atoms with E-state index in [-0.39, 0.29) is 17.8 Å². The second-order valence-corrected chi connectivity index (χ2v) is 8.26. The summed E-state index contributed by atoms with van der Waals surface area (Å²) in [5.74, 6) is 0.0201. The quantitative estimate of drug-likeness (QED) is 0.561. The number of ether oxygens (including phenoxy) is 1. The summed E-state index contributed by atoms with van der Waals surface area (Å²) in [6, 6.07) is 12.5. The lowest BCUT2D eigenvalue weighted by Gasteiger charge is -2.32. The number of amides is 1. The number of phenols is 1. The fourth-order valence-electron chi connectivity index (χ4n) is 3.03. The van der Waals surface area contributed by atoms with E-state index in [1.54, 1.807) is 6.07 Å². The van der Waals surface area contributed by atoms with Crippen molar-refractivity contribution in [3.05, 3.63) is 52.5 Å². The van der Waals surface area contributed by atoms with Crippen LogP contribution in [0.5, 0.6) is 11.5 Å². The van der Waals surface area contributed by atoms with Crippen molar-refractivity contribution < 1.29 is 19.7 Å². The van der Waals surface area contributed by atoms with E-state index in [1.165, 1.54) is 17.7 Å². The molecule has 0 aromatic heterocycles. The van der Waals surface area contributed by atoms with Crippen LogP contribution in [0.4, 0.5) is 5.69 Å². The number of aliphatic hydroxyl groups excluding tert-OH is 1. The average molecular weight is 435 g/mol. The number of aliphatic hydroxyl groups is 1. The van der Waals surface area contributed by atoms with Crippen molar-refractivity contribution in [2.24, 2.45) is 0 Å². The Hall–Kier alpha value is -2.09. The zero-order valence-electron chi connectivity index (χ0n) is 15.2. The molecule has 2 aromatic carbocycles. The van der Waals surface area contributed by atoms with Gasteiger partial charge in [-0.15, -0.1) is 0 Å². The number of carbonyl (C=O) groups excluding carboxylic acids is 1. The Bertz CT molecular complexity index is 823. The molecule has 1 aliphatic heterocycles. The van der Waals surface area contributed by atoms with Crippen LogP contribution in [0, 0.1) is 0 Å². The lowest BCUT2D eigenvalue weighted by Crippen LogP contribution is -2.53. The molecule has 0 saturated carbocycles. The molecule has 0 radical (unpaired) electrons. The Morgan fingerprint density at radius 3 is 2.67 bits per heavy atom. The standard InChI is InChI=1S/C20H23BrN2O4/c1-20(2,10-12-3-5-13(21)6-4-12)22-11-16(25)18-19(26)23-15-9-14(24)7-8-17(15)27-18/h3-9,16,18,22,24-25H,10-11H2,1-2H3,(H,23,26). The van der Waals surface area contributed by atoms with Crippen molar-refractivity contribution in [2.75, 3.05) is 11.9 Å². The van der Waals surface area contributed by atoms with E-state index in [1.807, 2.05) is 38.1 Å². The number of rotatable bonds is 6. The third-order valence-corrected chi connectivity index (χ3v) is 4.96. The molecule has 7 heteroatoms. The van der Waals surface area contributed by atoms with Crippen molar-refractivity contribution in [3.63, 3.8) is 0 Å². The highest BCUT2D eigenvalue weighted by Crippen LogP contribution is 2.33. The Balaban J connectivity index is 1.59. The van der Waals surface area contributed by atoms with Crippen LogP contribution in [-0.2, 0) is 11.2 Å². The Morgan fingerprint density at radius 2 is 1.96 bits per heavy atom. The van der Waals surface area contributed by atoms with E-state index in [9.17, 15) is 15.0 Å². The molecular weight excluding hydrogens is 412 g/mol. The van der Waals surface area contributed by atoms with Gasteiger partial charge in [0.25, 0.3) is 5.91 Å². The van der Waals surface area contributed by atoms with Crippen LogP contribution >= 0.6 is 15.9 Å². The minimum Gasteiger partial charge on any atom is -0.508 e. The van der Waals surface area contributed by atoms with Gasteiger partial charge in [0.2, 0.25) is 6.10 Å². The second kappa shape index (κ2) is 7.88. The number of phenolic OH excluding ortho intramolecular Hbond substituents is 1. The highest BCUT2D eigenvalue weighted by atomic mass is 79.9. The normalized spacial score (nSPS) is 17.6. The molecule has 2 unspecified atom stereocenters. The minimum atomic E-state index is -1.02. The van der Waals surface area contributed by atoms with Gasteiger partial charge in [-0.3, -0.25) is 4.79 Å². The summed E-state index contributed by atoms with van der Waals surface area (Å²) in [5, 5.41) is 25.9. The zero-order valence-corrected chi connectivity index (χ0v) is 16.8. The Morgan fingerprint density at radius 1 is 1.26 bits per heavy atom. The fourth-order valence-corrected chi connectivity index (χ4v) is 3.29. The molecule has 2 aromatic rings. The van der Waals surface area contributed by atoms with Gasteiger partial charge in [0, 0.05) is 22.6 Å². The van der Waals surface area contributed by atoms with E-state index >= 15 is 0 Å². The molecule has 3 rings (SSSR count). The van der Waals surface area contributed by atoms with Crippen LogP contribution in [-0.4, -0.2) is 40.4 Å². The maximum absolute atomic E-state index is 12.2. The molecule has 0 bridgehead atoms. The number of halogens is 1. The lowest BCUT2D eigenvalue weighted by atomic mass is 9.94. The van der Waals surface area contributed by atoms with Crippen LogP contribution in [0.1, 0.15) is 19.4 Å². The van der Waals surface area contributed by atoms with Gasteiger partial charge in [0.15, 0.2) is 0 Å². The van der Waals surface area contributed by atoms with E-state index in [2.05, 4.69) is 26.6 Å². The van der Waals surface area contributed by atoms with Gasteiger partial charge < -0.3 is 25.6 Å². The maximum Gasteiger partial charge on any atom is 0.268 e. The predicted octanol–water partition coefficient (Wildman–Crippen LogP) is 2.83. The number of anilines is 1. The first-order valence-electron chi connectivity index (χ1n) is 8.72. The SMILES string of the molecule is CC(C)(Cc1ccc(Br)cc1)NCC(O)C1Oc2ccc(O)cc2NC1=O. The van der Waals surface area contributed by atoms with Crippen molar-refractivity contribution in [3.8, 4) is 11.5 Å². The average Bonchev–Trinajstić information content (AvgIpc) is 2.61. The van der Waals surface area contributed by atoms with Crippen LogP contribution in [0.15, 0.2) is 46.9 Å². The number of fused-ring (bicyclic) bond motifs is 1. The van der Waals surface area contributed by atoms with E-state index in [0.717, 1.165) is 10.9 Å². The summed E-state index contributed by atoms with van der Waals surface area (Å²) in [6.45, 7) is 4.29. The molecule has 0 aliphatic carbocycles. The summed E-state index contributed by atoms with van der Waals surface area (Å²) in [7, 11) is 0. The van der Waals surface area contributed by atoms with Gasteiger partial charge in [-0.05, 0) is 50.1 Å². The number of aromatic hydroxyl groups is 1. The van der Waals surface area contributed by atoms with Crippen molar-refractivity contribution >= 4 is 27.5 Å². The molecular formula is C20H23BrN2O4. The van der Waals surface area contributed by atoms with Gasteiger partial charge in [-0.2, -0.15) is 0 Å². The molecule has 1 amide bonds. The molecule has 2 atom stereocenters. The maximum atomic E-state index is 12.2. The molecule has 4 N–H and O–H groups in total. The number of hydrogen-bond acceptors (Lipinski definition) is 5. The van der Waals surface area contributed by atoms with Crippen LogP contribution < -0.4 is 15.4 Å². The molecule has 1 heterocycles. The summed E-state index contributed by atoms with van der Waals surface area (Å²) in [4.78, 5) is 12.2. The first-order valence-corrected chi connectivity index (χ1v) is 9.51. The fraction of sp³-hybridized carbons (Fsp3) is 0.350. The predicted molar refractivity (Wildman–Crippen MR) is 107 cm³/mol. The number of hydrogen-bond donors (Lipinski definition) is 4.